The van der Waals surface area contributed by atoms with Crippen molar-refractivity contribution in [1.29, 1.82) is 0 Å². The van der Waals surface area contributed by atoms with E-state index in [1.807, 2.05) is 6.07 Å². The number of carbonyl (C=O) groups is 2. The molecule has 23 heavy (non-hydrogen) atoms. The Morgan fingerprint density at radius 2 is 1.96 bits per heavy atom. The SMILES string of the molecule is CC(=O)Oc1ccc(NC(=O)C2CCCCC2)c2ncccc12. The van der Waals surface area contributed by atoms with Crippen LogP contribution < -0.4 is 10.1 Å². The molecule has 5 nitrogen and oxygen atoms in total. The van der Waals surface area contributed by atoms with Crippen LogP contribution >= 0.6 is 0 Å². The summed E-state index contributed by atoms with van der Waals surface area (Å²) in [6.07, 6.45) is 7.00. The summed E-state index contributed by atoms with van der Waals surface area (Å²) in [7, 11) is 0. The summed E-state index contributed by atoms with van der Waals surface area (Å²) >= 11 is 0. The van der Waals surface area contributed by atoms with Gasteiger partial charge in [-0.15, -0.1) is 0 Å². The van der Waals surface area contributed by atoms with Crippen molar-refractivity contribution in [1.82, 2.24) is 4.98 Å². The van der Waals surface area contributed by atoms with Gasteiger partial charge in [0, 0.05) is 24.4 Å². The summed E-state index contributed by atoms with van der Waals surface area (Å²) in [4.78, 5) is 28.0. The van der Waals surface area contributed by atoms with Crippen LogP contribution in [0.15, 0.2) is 30.5 Å². The molecule has 0 spiro atoms. The molecule has 2 aromatic rings. The van der Waals surface area contributed by atoms with Crippen LogP contribution in [0.3, 0.4) is 0 Å². The Morgan fingerprint density at radius 1 is 1.17 bits per heavy atom. The molecule has 0 aliphatic heterocycles. The van der Waals surface area contributed by atoms with Crippen molar-refractivity contribution < 1.29 is 14.3 Å². The molecule has 1 heterocycles. The summed E-state index contributed by atoms with van der Waals surface area (Å²) < 4.78 is 5.21. The maximum Gasteiger partial charge on any atom is 0.308 e. The molecule has 1 aromatic carbocycles. The van der Waals surface area contributed by atoms with Gasteiger partial charge in [0.2, 0.25) is 5.91 Å². The first-order chi connectivity index (χ1) is 11.1. The van der Waals surface area contributed by atoms with E-state index in [1.165, 1.54) is 13.3 Å². The fraction of sp³-hybridized carbons (Fsp3) is 0.389. The Kier molecular flexibility index (Phi) is 4.55. The average molecular weight is 312 g/mol. The van der Waals surface area contributed by atoms with Gasteiger partial charge in [0.15, 0.2) is 0 Å². The van der Waals surface area contributed by atoms with Crippen LogP contribution in [0.5, 0.6) is 5.75 Å². The number of ether oxygens (including phenoxy) is 1. The van der Waals surface area contributed by atoms with Gasteiger partial charge >= 0.3 is 5.97 Å². The fourth-order valence-corrected chi connectivity index (χ4v) is 3.09. The molecule has 1 aliphatic rings. The summed E-state index contributed by atoms with van der Waals surface area (Å²) in [5.41, 5.74) is 1.29. The summed E-state index contributed by atoms with van der Waals surface area (Å²) in [5.74, 6) is 0.206. The molecule has 1 aliphatic carbocycles. The highest BCUT2D eigenvalue weighted by molar-refractivity contribution is 6.03. The van der Waals surface area contributed by atoms with Gasteiger partial charge in [0.05, 0.1) is 11.2 Å². The molecule has 1 aromatic heterocycles. The summed E-state index contributed by atoms with van der Waals surface area (Å²) in [5, 5.41) is 3.71. The lowest BCUT2D eigenvalue weighted by atomic mass is 9.88. The third-order valence-electron chi connectivity index (χ3n) is 4.22. The Balaban J connectivity index is 1.89. The van der Waals surface area contributed by atoms with Gasteiger partial charge in [0.1, 0.15) is 5.75 Å². The van der Waals surface area contributed by atoms with Gasteiger partial charge in [-0.05, 0) is 37.1 Å². The third-order valence-corrected chi connectivity index (χ3v) is 4.22. The number of hydrogen-bond donors (Lipinski definition) is 1. The van der Waals surface area contributed by atoms with Crippen LogP contribution in [-0.2, 0) is 9.59 Å². The molecule has 0 bridgehead atoms. The number of fused-ring (bicyclic) bond motifs is 1. The number of rotatable bonds is 3. The zero-order valence-electron chi connectivity index (χ0n) is 13.2. The molecule has 120 valence electrons. The molecule has 5 heteroatoms. The first-order valence-electron chi connectivity index (χ1n) is 8.02. The Labute approximate surface area is 135 Å². The van der Waals surface area contributed by atoms with Gasteiger partial charge in [-0.25, -0.2) is 0 Å². The molecule has 0 atom stereocenters. The lowest BCUT2D eigenvalue weighted by molar-refractivity contribution is -0.131. The number of hydrogen-bond acceptors (Lipinski definition) is 4. The number of esters is 1. The molecule has 0 radical (unpaired) electrons. The topological polar surface area (TPSA) is 68.3 Å². The summed E-state index contributed by atoms with van der Waals surface area (Å²) in [6.45, 7) is 1.36. The molecule has 0 unspecified atom stereocenters. The van der Waals surface area contributed by atoms with E-state index in [1.54, 1.807) is 24.4 Å². The fourth-order valence-electron chi connectivity index (χ4n) is 3.09. The quantitative estimate of drug-likeness (QED) is 0.693. The van der Waals surface area contributed by atoms with E-state index >= 15 is 0 Å². The average Bonchev–Trinajstić information content (AvgIpc) is 2.57. The summed E-state index contributed by atoms with van der Waals surface area (Å²) in [6, 6.07) is 7.05. The lowest BCUT2D eigenvalue weighted by Crippen LogP contribution is -2.24. The van der Waals surface area contributed by atoms with Crippen molar-refractivity contribution in [2.45, 2.75) is 39.0 Å². The van der Waals surface area contributed by atoms with Crippen molar-refractivity contribution in [3.05, 3.63) is 30.5 Å². The Bertz CT molecular complexity index is 736. The Hall–Kier alpha value is -2.43. The molecule has 0 saturated heterocycles. The van der Waals surface area contributed by atoms with E-state index in [-0.39, 0.29) is 17.8 Å². The molecule has 1 fully saturated rings. The zero-order chi connectivity index (χ0) is 16.2. The van der Waals surface area contributed by atoms with Gasteiger partial charge in [0.25, 0.3) is 0 Å². The molecule has 1 N–H and O–H groups in total. The van der Waals surface area contributed by atoms with Crippen LogP contribution in [0.1, 0.15) is 39.0 Å². The van der Waals surface area contributed by atoms with Crippen LogP contribution in [0, 0.1) is 5.92 Å². The maximum atomic E-state index is 12.4. The van der Waals surface area contributed by atoms with Crippen LogP contribution in [0.4, 0.5) is 5.69 Å². The number of nitrogens with one attached hydrogen (secondary N) is 1. The largest absolute Gasteiger partial charge is 0.426 e. The van der Waals surface area contributed by atoms with E-state index < -0.39 is 0 Å². The number of carbonyl (C=O) groups excluding carboxylic acids is 2. The minimum atomic E-state index is -0.380. The van der Waals surface area contributed by atoms with Crippen molar-refractivity contribution >= 4 is 28.5 Å². The van der Waals surface area contributed by atoms with E-state index in [2.05, 4.69) is 10.3 Å². The number of anilines is 1. The van der Waals surface area contributed by atoms with Gasteiger partial charge < -0.3 is 10.1 Å². The highest BCUT2D eigenvalue weighted by atomic mass is 16.5. The van der Waals surface area contributed by atoms with Gasteiger partial charge in [-0.2, -0.15) is 0 Å². The predicted octanol–water partition coefficient (Wildman–Crippen LogP) is 3.68. The van der Waals surface area contributed by atoms with Crippen LogP contribution in [0.25, 0.3) is 10.9 Å². The number of aromatic nitrogens is 1. The van der Waals surface area contributed by atoms with Crippen molar-refractivity contribution in [2.24, 2.45) is 5.92 Å². The monoisotopic (exact) mass is 312 g/mol. The third kappa shape index (κ3) is 3.50. The number of amides is 1. The normalized spacial score (nSPS) is 15.3. The maximum absolute atomic E-state index is 12.4. The second-order valence-electron chi connectivity index (χ2n) is 5.93. The van der Waals surface area contributed by atoms with Gasteiger partial charge in [-0.1, -0.05) is 19.3 Å². The van der Waals surface area contributed by atoms with Gasteiger partial charge in [-0.3, -0.25) is 14.6 Å². The highest BCUT2D eigenvalue weighted by Crippen LogP contribution is 2.31. The first kappa shape index (κ1) is 15.5. The molecule has 3 rings (SSSR count). The lowest BCUT2D eigenvalue weighted by Gasteiger charge is -2.21. The first-order valence-corrected chi connectivity index (χ1v) is 8.02. The van der Waals surface area contributed by atoms with Crippen molar-refractivity contribution in [3.63, 3.8) is 0 Å². The van der Waals surface area contributed by atoms with E-state index in [9.17, 15) is 9.59 Å². The standard InChI is InChI=1S/C18H20N2O3/c1-12(21)23-16-10-9-15(17-14(16)8-5-11-19-17)20-18(22)13-6-3-2-4-7-13/h5,8-11,13H,2-4,6-7H2,1H3,(H,20,22). The molecular formula is C18H20N2O3. The smallest absolute Gasteiger partial charge is 0.308 e. The van der Waals surface area contributed by atoms with Crippen LogP contribution in [-0.4, -0.2) is 16.9 Å². The van der Waals surface area contributed by atoms with Crippen molar-refractivity contribution in [3.8, 4) is 5.75 Å². The molecule has 1 saturated carbocycles. The predicted molar refractivity (Wildman–Crippen MR) is 88.3 cm³/mol. The molecular weight excluding hydrogens is 292 g/mol. The number of nitrogens with zero attached hydrogens (tertiary/aromatic N) is 1. The van der Waals surface area contributed by atoms with E-state index in [0.29, 0.717) is 22.3 Å². The van der Waals surface area contributed by atoms with Crippen LogP contribution in [0.2, 0.25) is 0 Å². The zero-order valence-corrected chi connectivity index (χ0v) is 13.2. The minimum absolute atomic E-state index is 0.0527. The minimum Gasteiger partial charge on any atom is -0.426 e. The molecule has 1 amide bonds. The highest BCUT2D eigenvalue weighted by Gasteiger charge is 2.22. The van der Waals surface area contributed by atoms with E-state index in [4.69, 9.17) is 4.74 Å². The Morgan fingerprint density at radius 3 is 2.70 bits per heavy atom. The second kappa shape index (κ2) is 6.77. The van der Waals surface area contributed by atoms with E-state index in [0.717, 1.165) is 25.7 Å². The number of benzene rings is 1. The number of pyridine rings is 1. The second-order valence-corrected chi connectivity index (χ2v) is 5.93. The van der Waals surface area contributed by atoms with Crippen molar-refractivity contribution in [2.75, 3.05) is 5.32 Å².